The monoisotopic (exact) mass is 451 g/mol. The summed E-state index contributed by atoms with van der Waals surface area (Å²) in [6.07, 6.45) is 7.07. The lowest BCUT2D eigenvalue weighted by atomic mass is 10.3. The van der Waals surface area contributed by atoms with Gasteiger partial charge in [-0.3, -0.25) is 4.99 Å². The van der Waals surface area contributed by atoms with Crippen molar-refractivity contribution in [2.24, 2.45) is 12.0 Å². The first-order chi connectivity index (χ1) is 10.3. The SMILES string of the molecule is CN=C(NCCCSc1nccs1)NCc1ccn(C)c1.I. The molecule has 0 amide bonds. The molecule has 0 atom stereocenters. The Morgan fingerprint density at radius 1 is 1.45 bits per heavy atom. The van der Waals surface area contributed by atoms with E-state index in [2.05, 4.69) is 32.9 Å². The molecule has 2 N–H and O–H groups in total. The Morgan fingerprint density at radius 3 is 2.95 bits per heavy atom. The highest BCUT2D eigenvalue weighted by atomic mass is 127. The predicted molar refractivity (Wildman–Crippen MR) is 106 cm³/mol. The molecule has 0 bridgehead atoms. The van der Waals surface area contributed by atoms with Gasteiger partial charge in [0, 0.05) is 56.9 Å². The van der Waals surface area contributed by atoms with E-state index in [-0.39, 0.29) is 24.0 Å². The molecule has 0 aliphatic carbocycles. The summed E-state index contributed by atoms with van der Waals surface area (Å²) < 4.78 is 3.19. The van der Waals surface area contributed by atoms with Crippen molar-refractivity contribution in [1.29, 1.82) is 0 Å². The Bertz CT molecular complexity index is 553. The molecular formula is C14H22IN5S2. The van der Waals surface area contributed by atoms with Gasteiger partial charge in [0.05, 0.1) is 0 Å². The zero-order valence-electron chi connectivity index (χ0n) is 12.8. The normalized spacial score (nSPS) is 11.1. The highest BCUT2D eigenvalue weighted by molar-refractivity contribution is 14.0. The van der Waals surface area contributed by atoms with E-state index in [4.69, 9.17) is 0 Å². The van der Waals surface area contributed by atoms with Crippen LogP contribution in [-0.2, 0) is 13.6 Å². The smallest absolute Gasteiger partial charge is 0.191 e. The summed E-state index contributed by atoms with van der Waals surface area (Å²) in [5.74, 6) is 1.91. The lowest BCUT2D eigenvalue weighted by Gasteiger charge is -2.10. The van der Waals surface area contributed by atoms with Crippen LogP contribution in [-0.4, -0.2) is 34.9 Å². The highest BCUT2D eigenvalue weighted by Gasteiger charge is 2.00. The van der Waals surface area contributed by atoms with Gasteiger partial charge in [-0.2, -0.15) is 0 Å². The van der Waals surface area contributed by atoms with Gasteiger partial charge in [-0.15, -0.1) is 35.3 Å². The molecule has 0 saturated carbocycles. The molecule has 0 fully saturated rings. The Labute approximate surface area is 157 Å². The number of guanidine groups is 1. The lowest BCUT2D eigenvalue weighted by molar-refractivity contribution is 0.784. The van der Waals surface area contributed by atoms with Crippen molar-refractivity contribution in [3.8, 4) is 0 Å². The molecule has 8 heteroatoms. The third-order valence-electron chi connectivity index (χ3n) is 2.83. The van der Waals surface area contributed by atoms with E-state index in [1.807, 2.05) is 29.4 Å². The molecule has 2 rings (SSSR count). The topological polar surface area (TPSA) is 54.2 Å². The van der Waals surface area contributed by atoms with Crippen molar-refractivity contribution in [3.05, 3.63) is 35.6 Å². The number of hydrogen-bond donors (Lipinski definition) is 2. The highest BCUT2D eigenvalue weighted by Crippen LogP contribution is 2.20. The van der Waals surface area contributed by atoms with Gasteiger partial charge in [-0.1, -0.05) is 11.8 Å². The second kappa shape index (κ2) is 10.9. The summed E-state index contributed by atoms with van der Waals surface area (Å²) in [7, 11) is 3.82. The lowest BCUT2D eigenvalue weighted by Crippen LogP contribution is -2.37. The van der Waals surface area contributed by atoms with Crippen LogP contribution in [0.2, 0.25) is 0 Å². The third-order valence-corrected chi connectivity index (χ3v) is 4.88. The molecule has 0 aliphatic rings. The summed E-state index contributed by atoms with van der Waals surface area (Å²) >= 11 is 3.50. The number of aryl methyl sites for hydroxylation is 1. The van der Waals surface area contributed by atoms with Crippen LogP contribution in [0.5, 0.6) is 0 Å². The number of nitrogens with zero attached hydrogens (tertiary/aromatic N) is 3. The first-order valence-electron chi connectivity index (χ1n) is 6.85. The van der Waals surface area contributed by atoms with Crippen molar-refractivity contribution in [2.45, 2.75) is 17.3 Å². The van der Waals surface area contributed by atoms with E-state index in [9.17, 15) is 0 Å². The number of thiazole rings is 1. The van der Waals surface area contributed by atoms with E-state index < -0.39 is 0 Å². The first kappa shape index (κ1) is 19.3. The summed E-state index contributed by atoms with van der Waals surface area (Å²) in [6.45, 7) is 1.70. The van der Waals surface area contributed by atoms with Crippen LogP contribution in [0.1, 0.15) is 12.0 Å². The molecule has 0 saturated heterocycles. The Morgan fingerprint density at radius 2 is 2.32 bits per heavy atom. The van der Waals surface area contributed by atoms with Gasteiger partial charge in [0.15, 0.2) is 5.96 Å². The minimum Gasteiger partial charge on any atom is -0.357 e. The number of thioether (sulfide) groups is 1. The van der Waals surface area contributed by atoms with Crippen LogP contribution in [0.3, 0.4) is 0 Å². The molecule has 0 radical (unpaired) electrons. The van der Waals surface area contributed by atoms with Crippen molar-refractivity contribution in [3.63, 3.8) is 0 Å². The molecule has 0 spiro atoms. The zero-order chi connectivity index (χ0) is 14.9. The van der Waals surface area contributed by atoms with Gasteiger partial charge in [0.25, 0.3) is 0 Å². The average Bonchev–Trinajstić information content (AvgIpc) is 3.13. The standard InChI is InChI=1S/C14H21N5S2.HI/c1-15-13(18-10-12-4-7-19(2)11-12)16-5-3-8-20-14-17-6-9-21-14;/h4,6-7,9,11H,3,5,8,10H2,1-2H3,(H2,15,16,18);1H. The summed E-state index contributed by atoms with van der Waals surface area (Å²) in [6, 6.07) is 2.10. The maximum absolute atomic E-state index is 4.25. The van der Waals surface area contributed by atoms with Crippen LogP contribution in [0, 0.1) is 0 Å². The molecule has 2 aromatic rings. The first-order valence-corrected chi connectivity index (χ1v) is 8.72. The predicted octanol–water partition coefficient (Wildman–Crippen LogP) is 2.95. The largest absolute Gasteiger partial charge is 0.357 e. The van der Waals surface area contributed by atoms with Crippen molar-refractivity contribution >= 4 is 53.0 Å². The van der Waals surface area contributed by atoms with E-state index in [0.717, 1.165) is 35.6 Å². The summed E-state index contributed by atoms with van der Waals surface area (Å²) in [4.78, 5) is 8.48. The van der Waals surface area contributed by atoms with E-state index in [0.29, 0.717) is 0 Å². The zero-order valence-corrected chi connectivity index (χ0v) is 16.7. The van der Waals surface area contributed by atoms with Gasteiger partial charge in [-0.25, -0.2) is 4.98 Å². The number of hydrogen-bond acceptors (Lipinski definition) is 4. The maximum atomic E-state index is 4.25. The van der Waals surface area contributed by atoms with Crippen molar-refractivity contribution in [1.82, 2.24) is 20.2 Å². The van der Waals surface area contributed by atoms with Crippen LogP contribution >= 0.6 is 47.1 Å². The van der Waals surface area contributed by atoms with Crippen molar-refractivity contribution < 1.29 is 0 Å². The number of nitrogens with one attached hydrogen (secondary N) is 2. The fraction of sp³-hybridized carbons (Fsp3) is 0.429. The fourth-order valence-electron chi connectivity index (χ4n) is 1.79. The molecule has 2 heterocycles. The van der Waals surface area contributed by atoms with Gasteiger partial charge in [0.1, 0.15) is 4.34 Å². The van der Waals surface area contributed by atoms with Gasteiger partial charge in [0.2, 0.25) is 0 Å². The average molecular weight is 451 g/mol. The van der Waals surface area contributed by atoms with E-state index >= 15 is 0 Å². The van der Waals surface area contributed by atoms with Gasteiger partial charge >= 0.3 is 0 Å². The quantitative estimate of drug-likeness (QED) is 0.224. The minimum atomic E-state index is 0. The maximum Gasteiger partial charge on any atom is 0.191 e. The van der Waals surface area contributed by atoms with Gasteiger partial charge < -0.3 is 15.2 Å². The van der Waals surface area contributed by atoms with Gasteiger partial charge in [-0.05, 0) is 18.1 Å². The van der Waals surface area contributed by atoms with Crippen LogP contribution in [0.25, 0.3) is 0 Å². The molecular weight excluding hydrogens is 429 g/mol. The number of aliphatic imine (C=N–C) groups is 1. The third kappa shape index (κ3) is 7.01. The minimum absolute atomic E-state index is 0. The molecule has 0 aromatic carbocycles. The van der Waals surface area contributed by atoms with E-state index in [1.165, 1.54) is 5.56 Å². The number of aromatic nitrogens is 2. The molecule has 22 heavy (non-hydrogen) atoms. The number of rotatable bonds is 7. The van der Waals surface area contributed by atoms with Crippen molar-refractivity contribution in [2.75, 3.05) is 19.3 Å². The molecule has 0 aliphatic heterocycles. The Balaban J connectivity index is 0.00000242. The van der Waals surface area contributed by atoms with Crippen LogP contribution in [0.15, 0.2) is 39.4 Å². The summed E-state index contributed by atoms with van der Waals surface area (Å²) in [5.41, 5.74) is 1.25. The van der Waals surface area contributed by atoms with Crippen LogP contribution in [0.4, 0.5) is 0 Å². The Kier molecular flexibility index (Phi) is 9.56. The Hall–Kier alpha value is -0.740. The fourth-order valence-corrected chi connectivity index (χ4v) is 3.44. The van der Waals surface area contributed by atoms with E-state index in [1.54, 1.807) is 30.1 Å². The second-order valence-corrected chi connectivity index (χ2v) is 6.77. The molecule has 0 unspecified atom stereocenters. The molecule has 122 valence electrons. The number of halogens is 1. The molecule has 5 nitrogen and oxygen atoms in total. The summed E-state index contributed by atoms with van der Waals surface area (Å²) in [5, 5.41) is 8.65. The molecule has 2 aromatic heterocycles. The van der Waals surface area contributed by atoms with Crippen LogP contribution < -0.4 is 10.6 Å². The second-order valence-electron chi connectivity index (χ2n) is 4.54.